The van der Waals surface area contributed by atoms with Crippen LogP contribution in [0.1, 0.15) is 106 Å². The van der Waals surface area contributed by atoms with Crippen molar-refractivity contribution in [2.24, 2.45) is 52.3 Å². The summed E-state index contributed by atoms with van der Waals surface area (Å²) in [6, 6.07) is 0. The summed E-state index contributed by atoms with van der Waals surface area (Å²) in [6.07, 6.45) is 18.4. The lowest BCUT2D eigenvalue weighted by atomic mass is 9.45. The van der Waals surface area contributed by atoms with Gasteiger partial charge in [-0.3, -0.25) is 0 Å². The molecule has 0 aromatic rings. The molecule has 1 nitrogen and oxygen atoms in total. The number of allylic oxidation sites excluding steroid dienone is 1. The molecule has 2 unspecified atom stereocenters. The van der Waals surface area contributed by atoms with E-state index in [1.54, 1.807) is 0 Å². The van der Waals surface area contributed by atoms with Crippen LogP contribution in [-0.4, -0.2) is 10.7 Å². The molecule has 0 aromatic heterocycles. The van der Waals surface area contributed by atoms with Crippen LogP contribution in [0.2, 0.25) is 0 Å². The van der Waals surface area contributed by atoms with E-state index in [9.17, 15) is 5.11 Å². The minimum Gasteiger partial charge on any atom is -0.386 e. The van der Waals surface area contributed by atoms with Gasteiger partial charge in [0.1, 0.15) is 0 Å². The molecule has 4 aliphatic rings. The first kappa shape index (κ1) is 21.9. The van der Waals surface area contributed by atoms with E-state index in [1.807, 2.05) is 6.92 Å². The molecule has 1 N–H and O–H groups in total. The Kier molecular flexibility index (Phi) is 5.81. The Bertz CT molecular complexity index is 618. The van der Waals surface area contributed by atoms with Crippen molar-refractivity contribution < 1.29 is 5.11 Å². The van der Waals surface area contributed by atoms with Gasteiger partial charge in [-0.2, -0.15) is 0 Å². The van der Waals surface area contributed by atoms with Crippen LogP contribution < -0.4 is 0 Å². The Labute approximate surface area is 181 Å². The molecule has 0 aromatic carbocycles. The van der Waals surface area contributed by atoms with Crippen molar-refractivity contribution in [3.8, 4) is 0 Å². The van der Waals surface area contributed by atoms with Gasteiger partial charge in [-0.25, -0.2) is 0 Å². The van der Waals surface area contributed by atoms with Gasteiger partial charge < -0.3 is 5.11 Å². The third-order valence-electron chi connectivity index (χ3n) is 10.6. The van der Waals surface area contributed by atoms with Crippen molar-refractivity contribution in [3.05, 3.63) is 12.2 Å². The van der Waals surface area contributed by atoms with Gasteiger partial charge in [0.05, 0.1) is 5.60 Å². The van der Waals surface area contributed by atoms with E-state index >= 15 is 0 Å². The van der Waals surface area contributed by atoms with Gasteiger partial charge in [-0.1, -0.05) is 66.0 Å². The van der Waals surface area contributed by atoms with Crippen molar-refractivity contribution in [2.45, 2.75) is 111 Å². The van der Waals surface area contributed by atoms with Crippen LogP contribution in [0.3, 0.4) is 0 Å². The van der Waals surface area contributed by atoms with Crippen LogP contribution in [0.15, 0.2) is 12.2 Å². The van der Waals surface area contributed by atoms with Crippen LogP contribution in [0.25, 0.3) is 0 Å². The lowest BCUT2D eigenvalue weighted by Gasteiger charge is -2.60. The van der Waals surface area contributed by atoms with Crippen LogP contribution >= 0.6 is 0 Å². The second-order valence-corrected chi connectivity index (χ2v) is 12.9. The molecule has 0 spiro atoms. The fraction of sp³-hybridized carbons (Fsp3) is 0.929. The van der Waals surface area contributed by atoms with Crippen LogP contribution in [-0.2, 0) is 0 Å². The predicted octanol–water partition coefficient (Wildman–Crippen LogP) is 7.63. The van der Waals surface area contributed by atoms with E-state index in [4.69, 9.17) is 0 Å². The van der Waals surface area contributed by atoms with Crippen molar-refractivity contribution in [1.29, 1.82) is 0 Å². The smallest absolute Gasteiger partial charge is 0.0802 e. The molecule has 4 rings (SSSR count). The Balaban J connectivity index is 1.49. The molecule has 0 saturated heterocycles. The molecule has 0 heterocycles. The maximum Gasteiger partial charge on any atom is 0.0802 e. The molecule has 0 amide bonds. The van der Waals surface area contributed by atoms with Gasteiger partial charge in [-0.05, 0) is 104 Å². The summed E-state index contributed by atoms with van der Waals surface area (Å²) in [4.78, 5) is 0. The monoisotopic (exact) mass is 400 g/mol. The lowest BCUT2D eigenvalue weighted by Crippen LogP contribution is -2.54. The lowest BCUT2D eigenvalue weighted by molar-refractivity contribution is -0.0989. The molecule has 3 fully saturated rings. The summed E-state index contributed by atoms with van der Waals surface area (Å²) >= 11 is 0. The number of hydrogen-bond donors (Lipinski definition) is 1. The zero-order valence-electron chi connectivity index (χ0n) is 20.2. The van der Waals surface area contributed by atoms with Crippen molar-refractivity contribution >= 4 is 0 Å². The average molecular weight is 401 g/mol. The first-order valence-electron chi connectivity index (χ1n) is 13.0. The van der Waals surface area contributed by atoms with E-state index in [0.29, 0.717) is 16.7 Å². The number of aliphatic hydroxyl groups is 1. The number of hydrogen-bond acceptors (Lipinski definition) is 1. The van der Waals surface area contributed by atoms with Crippen molar-refractivity contribution in [3.63, 3.8) is 0 Å². The fourth-order valence-corrected chi connectivity index (χ4v) is 9.00. The highest BCUT2D eigenvalue weighted by atomic mass is 16.3. The standard InChI is InChI=1S/C28H48O/c1-19(2)8-7-9-20(3)23-12-13-24-22-11-10-21-18-26(4,29)16-17-27(21,5)25(22)14-15-28(23,24)6/h16-17,19-25,29H,7-15,18H2,1-6H3/t20-,21?,22+,23-,24+,25+,26?,27+,28-/m1/s1. The minimum absolute atomic E-state index is 0.327. The van der Waals surface area contributed by atoms with E-state index < -0.39 is 5.60 Å². The van der Waals surface area contributed by atoms with Gasteiger partial charge in [0.15, 0.2) is 0 Å². The second-order valence-electron chi connectivity index (χ2n) is 12.9. The maximum atomic E-state index is 10.6. The Morgan fingerprint density at radius 3 is 2.38 bits per heavy atom. The van der Waals surface area contributed by atoms with Crippen LogP contribution in [0.5, 0.6) is 0 Å². The van der Waals surface area contributed by atoms with Crippen molar-refractivity contribution in [2.75, 3.05) is 0 Å². The highest BCUT2D eigenvalue weighted by Crippen LogP contribution is 2.68. The zero-order valence-corrected chi connectivity index (χ0v) is 20.2. The molecule has 0 aliphatic heterocycles. The molecule has 0 bridgehead atoms. The van der Waals surface area contributed by atoms with E-state index in [1.165, 1.54) is 57.8 Å². The summed E-state index contributed by atoms with van der Waals surface area (Å²) in [5.41, 5.74) is 0.336. The van der Waals surface area contributed by atoms with E-state index in [2.05, 4.69) is 46.8 Å². The van der Waals surface area contributed by atoms with Crippen molar-refractivity contribution in [1.82, 2.24) is 0 Å². The zero-order chi connectivity index (χ0) is 21.0. The van der Waals surface area contributed by atoms with Gasteiger partial charge >= 0.3 is 0 Å². The topological polar surface area (TPSA) is 20.2 Å². The normalized spacial score (nSPS) is 50.1. The molecule has 9 atom stereocenters. The first-order chi connectivity index (χ1) is 13.6. The number of rotatable bonds is 5. The Morgan fingerprint density at radius 1 is 0.897 bits per heavy atom. The number of fused-ring (bicyclic) bond motifs is 5. The highest BCUT2D eigenvalue weighted by molar-refractivity contribution is 5.20. The molecule has 4 aliphatic carbocycles. The van der Waals surface area contributed by atoms with E-state index in [-0.39, 0.29) is 0 Å². The molecule has 3 saturated carbocycles. The summed E-state index contributed by atoms with van der Waals surface area (Å²) in [5, 5.41) is 10.6. The molecule has 0 radical (unpaired) electrons. The van der Waals surface area contributed by atoms with Gasteiger partial charge in [-0.15, -0.1) is 0 Å². The molecular weight excluding hydrogens is 352 g/mol. The fourth-order valence-electron chi connectivity index (χ4n) is 9.00. The third-order valence-corrected chi connectivity index (χ3v) is 10.6. The average Bonchev–Trinajstić information content (AvgIpc) is 2.99. The molecule has 1 heteroatoms. The summed E-state index contributed by atoms with van der Waals surface area (Å²) in [5.74, 6) is 6.11. The molecule has 29 heavy (non-hydrogen) atoms. The largest absolute Gasteiger partial charge is 0.386 e. The summed E-state index contributed by atoms with van der Waals surface area (Å²) in [6.45, 7) is 14.6. The Morgan fingerprint density at radius 2 is 1.66 bits per heavy atom. The summed E-state index contributed by atoms with van der Waals surface area (Å²) in [7, 11) is 0. The highest BCUT2D eigenvalue weighted by Gasteiger charge is 2.60. The van der Waals surface area contributed by atoms with Gasteiger partial charge in [0, 0.05) is 0 Å². The molecule has 166 valence electrons. The van der Waals surface area contributed by atoms with Gasteiger partial charge in [0.25, 0.3) is 0 Å². The van der Waals surface area contributed by atoms with Gasteiger partial charge in [0.2, 0.25) is 0 Å². The van der Waals surface area contributed by atoms with Crippen LogP contribution in [0.4, 0.5) is 0 Å². The van der Waals surface area contributed by atoms with Crippen LogP contribution in [0, 0.1) is 52.3 Å². The maximum absolute atomic E-state index is 10.6. The minimum atomic E-state index is -0.579. The quantitative estimate of drug-likeness (QED) is 0.470. The summed E-state index contributed by atoms with van der Waals surface area (Å²) < 4.78 is 0. The predicted molar refractivity (Wildman–Crippen MR) is 124 cm³/mol. The molecular formula is C28H48O. The SMILES string of the molecule is CC(C)CCC[C@@H](C)[C@H]1CC[C@H]2[C@@H]3CCC4CC(C)(O)C=C[C@]4(C)[C@H]3CC[C@]12C. The first-order valence-corrected chi connectivity index (χ1v) is 13.0. The third kappa shape index (κ3) is 3.77. The Hall–Kier alpha value is -0.300. The second kappa shape index (κ2) is 7.68. The van der Waals surface area contributed by atoms with E-state index in [0.717, 1.165) is 41.9 Å².